The van der Waals surface area contributed by atoms with Crippen molar-refractivity contribution in [2.45, 2.75) is 51.2 Å². The predicted octanol–water partition coefficient (Wildman–Crippen LogP) is 5.47. The van der Waals surface area contributed by atoms with Crippen LogP contribution in [0.15, 0.2) is 24.3 Å². The van der Waals surface area contributed by atoms with Crippen LogP contribution in [0.4, 0.5) is 35.0 Å². The molecule has 1 aliphatic carbocycles. The van der Waals surface area contributed by atoms with Crippen molar-refractivity contribution in [2.24, 2.45) is 0 Å². The Bertz CT molecular complexity index is 787. The van der Waals surface area contributed by atoms with E-state index in [9.17, 15) is 17.6 Å². The highest BCUT2D eigenvalue weighted by Crippen LogP contribution is 2.41. The molecule has 0 saturated heterocycles. The molecule has 4 nitrogen and oxygen atoms in total. The third-order valence-electron chi connectivity index (χ3n) is 4.30. The fraction of sp³-hybridized carbons (Fsp3) is 0.444. The highest BCUT2D eigenvalue weighted by atomic mass is 19.4. The fourth-order valence-electron chi connectivity index (χ4n) is 2.52. The molecular formula is C18H20F4N4. The number of aromatic nitrogens is 2. The lowest BCUT2D eigenvalue weighted by atomic mass is 10.1. The molecule has 2 N–H and O–H groups in total. The van der Waals surface area contributed by atoms with Gasteiger partial charge in [0.2, 0.25) is 5.95 Å². The molecular weight excluding hydrogens is 348 g/mol. The Labute approximate surface area is 149 Å². The van der Waals surface area contributed by atoms with Crippen LogP contribution in [-0.2, 0) is 6.18 Å². The van der Waals surface area contributed by atoms with Crippen molar-refractivity contribution in [1.29, 1.82) is 0 Å². The Hall–Kier alpha value is -2.38. The summed E-state index contributed by atoms with van der Waals surface area (Å²) in [4.78, 5) is 8.66. The van der Waals surface area contributed by atoms with Crippen LogP contribution in [0, 0.1) is 5.82 Å². The lowest BCUT2D eigenvalue weighted by Gasteiger charge is -2.17. The Kier molecular flexibility index (Phi) is 5.02. The molecule has 2 aromatic rings. The number of alkyl halides is 3. The molecule has 1 saturated carbocycles. The van der Waals surface area contributed by atoms with Crippen molar-refractivity contribution >= 4 is 17.5 Å². The van der Waals surface area contributed by atoms with Crippen molar-refractivity contribution < 1.29 is 17.6 Å². The van der Waals surface area contributed by atoms with Crippen molar-refractivity contribution in [3.63, 3.8) is 0 Å². The minimum absolute atomic E-state index is 0.108. The molecule has 140 valence electrons. The van der Waals surface area contributed by atoms with Gasteiger partial charge in [-0.15, -0.1) is 0 Å². The predicted molar refractivity (Wildman–Crippen MR) is 92.1 cm³/mol. The van der Waals surface area contributed by atoms with Gasteiger partial charge in [0.1, 0.15) is 11.6 Å². The summed E-state index contributed by atoms with van der Waals surface area (Å²) in [6, 6.07) is 4.56. The second kappa shape index (κ2) is 7.09. The van der Waals surface area contributed by atoms with E-state index in [-0.39, 0.29) is 17.8 Å². The molecule has 1 aromatic carbocycles. The first-order valence-electron chi connectivity index (χ1n) is 8.56. The van der Waals surface area contributed by atoms with Crippen LogP contribution in [0.2, 0.25) is 0 Å². The monoisotopic (exact) mass is 368 g/mol. The van der Waals surface area contributed by atoms with Gasteiger partial charge in [-0.2, -0.15) is 18.2 Å². The first-order chi connectivity index (χ1) is 12.3. The van der Waals surface area contributed by atoms with Gasteiger partial charge in [0.25, 0.3) is 0 Å². The van der Waals surface area contributed by atoms with Gasteiger partial charge in [-0.05, 0) is 38.3 Å². The van der Waals surface area contributed by atoms with Crippen LogP contribution in [0.1, 0.15) is 50.3 Å². The molecule has 1 fully saturated rings. The normalized spacial score (nSPS) is 15.6. The van der Waals surface area contributed by atoms with Crippen LogP contribution in [-0.4, -0.2) is 16.0 Å². The summed E-state index contributed by atoms with van der Waals surface area (Å²) in [7, 11) is 0. The lowest BCUT2D eigenvalue weighted by Crippen LogP contribution is -2.17. The quantitative estimate of drug-likeness (QED) is 0.664. The molecule has 26 heavy (non-hydrogen) atoms. The van der Waals surface area contributed by atoms with Crippen molar-refractivity contribution in [1.82, 2.24) is 9.97 Å². The van der Waals surface area contributed by atoms with E-state index in [0.717, 1.165) is 43.2 Å². The minimum atomic E-state index is -4.67. The maximum absolute atomic E-state index is 14.1. The molecule has 0 amide bonds. The van der Waals surface area contributed by atoms with E-state index in [1.807, 2.05) is 13.8 Å². The van der Waals surface area contributed by atoms with Gasteiger partial charge >= 0.3 is 6.18 Å². The van der Waals surface area contributed by atoms with Gasteiger partial charge in [0, 0.05) is 18.0 Å². The molecule has 1 aromatic heterocycles. The maximum atomic E-state index is 14.1. The smallest absolute Gasteiger partial charge is 0.352 e. The van der Waals surface area contributed by atoms with Gasteiger partial charge in [-0.25, -0.2) is 9.37 Å². The summed E-state index contributed by atoms with van der Waals surface area (Å²) >= 11 is 0. The van der Waals surface area contributed by atoms with Gasteiger partial charge in [-0.3, -0.25) is 0 Å². The van der Waals surface area contributed by atoms with E-state index in [1.165, 1.54) is 0 Å². The zero-order valence-electron chi connectivity index (χ0n) is 14.5. The highest BCUT2D eigenvalue weighted by molar-refractivity contribution is 5.63. The topological polar surface area (TPSA) is 49.8 Å². The number of benzene rings is 1. The summed E-state index contributed by atoms with van der Waals surface area (Å²) in [6.07, 6.45) is -1.88. The maximum Gasteiger partial charge on any atom is 0.418 e. The number of hydrogen-bond donors (Lipinski definition) is 2. The molecule has 0 radical (unpaired) electrons. The largest absolute Gasteiger partial charge is 0.418 e. The standard InChI is InChI=1S/C18H20F4N4/c1-3-10(2)23-17-24-14(11-7-8-11)9-15(26-17)25-16-12(18(20,21)22)5-4-6-13(16)19/h4-6,9-11H,3,7-8H2,1-2H3,(H2,23,24,25,26)/t10-/m0/s1. The van der Waals surface area contributed by atoms with Crippen LogP contribution in [0.25, 0.3) is 0 Å². The number of hydrogen-bond acceptors (Lipinski definition) is 4. The number of nitrogens with one attached hydrogen (secondary N) is 2. The molecule has 8 heteroatoms. The van der Waals surface area contributed by atoms with Crippen LogP contribution < -0.4 is 10.6 Å². The summed E-state index contributed by atoms with van der Waals surface area (Å²) in [5.74, 6) is -0.235. The Morgan fingerprint density at radius 2 is 1.96 bits per heavy atom. The first kappa shape index (κ1) is 18.4. The Morgan fingerprint density at radius 3 is 2.58 bits per heavy atom. The van der Waals surface area contributed by atoms with E-state index in [1.54, 1.807) is 6.07 Å². The number of nitrogens with zero attached hydrogens (tertiary/aromatic N) is 2. The molecule has 1 atom stereocenters. The van der Waals surface area contributed by atoms with E-state index in [2.05, 4.69) is 20.6 Å². The minimum Gasteiger partial charge on any atom is -0.352 e. The van der Waals surface area contributed by atoms with E-state index in [4.69, 9.17) is 0 Å². The van der Waals surface area contributed by atoms with E-state index >= 15 is 0 Å². The third kappa shape index (κ3) is 4.23. The summed E-state index contributed by atoms with van der Waals surface area (Å²) in [5, 5.41) is 5.64. The van der Waals surface area contributed by atoms with Gasteiger partial charge in [0.15, 0.2) is 0 Å². The molecule has 0 aliphatic heterocycles. The number of para-hydroxylation sites is 1. The zero-order valence-corrected chi connectivity index (χ0v) is 14.5. The lowest BCUT2D eigenvalue weighted by molar-refractivity contribution is -0.137. The fourth-order valence-corrected chi connectivity index (χ4v) is 2.52. The second-order valence-electron chi connectivity index (χ2n) is 6.51. The molecule has 1 aliphatic rings. The van der Waals surface area contributed by atoms with E-state index in [0.29, 0.717) is 5.95 Å². The van der Waals surface area contributed by atoms with Gasteiger partial charge in [0.05, 0.1) is 16.9 Å². The highest BCUT2D eigenvalue weighted by Gasteiger charge is 2.35. The van der Waals surface area contributed by atoms with Crippen LogP contribution in [0.5, 0.6) is 0 Å². The Morgan fingerprint density at radius 1 is 1.23 bits per heavy atom. The molecule has 0 unspecified atom stereocenters. The summed E-state index contributed by atoms with van der Waals surface area (Å²) < 4.78 is 53.7. The average molecular weight is 368 g/mol. The molecule has 0 bridgehead atoms. The molecule has 0 spiro atoms. The van der Waals surface area contributed by atoms with Gasteiger partial charge < -0.3 is 10.6 Å². The van der Waals surface area contributed by atoms with Gasteiger partial charge in [-0.1, -0.05) is 13.0 Å². The summed E-state index contributed by atoms with van der Waals surface area (Å²) in [6.45, 7) is 3.95. The van der Waals surface area contributed by atoms with Crippen LogP contribution in [0.3, 0.4) is 0 Å². The summed E-state index contributed by atoms with van der Waals surface area (Å²) in [5.41, 5.74) is -0.950. The first-order valence-corrected chi connectivity index (χ1v) is 8.56. The number of rotatable bonds is 6. The Balaban J connectivity index is 1.97. The van der Waals surface area contributed by atoms with Crippen molar-refractivity contribution in [3.05, 3.63) is 41.3 Å². The molecule has 1 heterocycles. The third-order valence-corrected chi connectivity index (χ3v) is 4.30. The number of anilines is 3. The average Bonchev–Trinajstić information content (AvgIpc) is 3.40. The zero-order chi connectivity index (χ0) is 18.9. The number of halogens is 4. The van der Waals surface area contributed by atoms with E-state index < -0.39 is 23.2 Å². The van der Waals surface area contributed by atoms with Crippen molar-refractivity contribution in [3.8, 4) is 0 Å². The second-order valence-corrected chi connectivity index (χ2v) is 6.51. The van der Waals surface area contributed by atoms with Crippen LogP contribution >= 0.6 is 0 Å². The van der Waals surface area contributed by atoms with Crippen molar-refractivity contribution in [2.75, 3.05) is 10.6 Å². The SMILES string of the molecule is CC[C@H](C)Nc1nc(Nc2c(F)cccc2C(F)(F)F)cc(C2CC2)n1. The molecule has 3 rings (SSSR count).